The van der Waals surface area contributed by atoms with E-state index in [-0.39, 0.29) is 5.57 Å². The van der Waals surface area contributed by atoms with Gasteiger partial charge in [-0.1, -0.05) is 37.3 Å². The molecule has 2 rings (SSSR count). The van der Waals surface area contributed by atoms with Crippen LogP contribution in [0.15, 0.2) is 46.9 Å². The van der Waals surface area contributed by atoms with Gasteiger partial charge in [-0.25, -0.2) is 8.42 Å². The molecule has 1 unspecified atom stereocenters. The summed E-state index contributed by atoms with van der Waals surface area (Å²) in [6.45, 7) is 2.60. The van der Waals surface area contributed by atoms with Crippen LogP contribution in [0, 0.1) is 0 Å². The fourth-order valence-corrected chi connectivity index (χ4v) is 3.95. The summed E-state index contributed by atoms with van der Waals surface area (Å²) in [4.78, 5) is -0.753. The number of aliphatic hydroxyl groups is 1. The van der Waals surface area contributed by atoms with E-state index >= 15 is 0 Å². The zero-order valence-corrected chi connectivity index (χ0v) is 13.5. The highest BCUT2D eigenvalue weighted by Crippen LogP contribution is 2.45. The highest BCUT2D eigenvalue weighted by Gasteiger charge is 2.45. The predicted molar refractivity (Wildman–Crippen MR) is 82.2 cm³/mol. The maximum Gasteiger partial charge on any atom is 0.417 e. The number of sulfone groups is 1. The van der Waals surface area contributed by atoms with Gasteiger partial charge in [0.25, 0.3) is 0 Å². The second kappa shape index (κ2) is 5.79. The average Bonchev–Trinajstić information content (AvgIpc) is 2.45. The molecule has 1 aromatic rings. The molecule has 1 N–H and O–H groups in total. The van der Waals surface area contributed by atoms with Crippen molar-refractivity contribution < 1.29 is 26.7 Å². The molecule has 23 heavy (non-hydrogen) atoms. The Kier molecular flexibility index (Phi) is 4.47. The second-order valence-corrected chi connectivity index (χ2v) is 7.91. The van der Waals surface area contributed by atoms with Gasteiger partial charge in [0, 0.05) is 6.42 Å². The topological polar surface area (TPSA) is 54.4 Å². The van der Waals surface area contributed by atoms with Crippen molar-refractivity contribution in [2.24, 2.45) is 0 Å². The van der Waals surface area contributed by atoms with E-state index in [1.165, 1.54) is 13.8 Å². The molecule has 0 saturated heterocycles. The van der Waals surface area contributed by atoms with Crippen molar-refractivity contribution in [2.45, 2.75) is 32.0 Å². The van der Waals surface area contributed by atoms with Crippen LogP contribution in [-0.2, 0) is 9.84 Å². The SMILES string of the molecule is CCS(=O)(=O)C1=C(C(F)(F)F)C=C(c2ccccc2)C(C)(O)C1. The zero-order valence-electron chi connectivity index (χ0n) is 12.7. The molecule has 0 bridgehead atoms. The van der Waals surface area contributed by atoms with E-state index in [0.717, 1.165) is 6.08 Å². The number of hydrogen-bond donors (Lipinski definition) is 1. The lowest BCUT2D eigenvalue weighted by Crippen LogP contribution is -2.34. The third kappa shape index (κ3) is 3.50. The van der Waals surface area contributed by atoms with Crippen molar-refractivity contribution in [1.29, 1.82) is 0 Å². The van der Waals surface area contributed by atoms with E-state index in [2.05, 4.69) is 0 Å². The molecule has 1 atom stereocenters. The van der Waals surface area contributed by atoms with Gasteiger partial charge in [0.2, 0.25) is 0 Å². The molecule has 1 aliphatic carbocycles. The summed E-state index contributed by atoms with van der Waals surface area (Å²) < 4.78 is 64.1. The molecule has 0 radical (unpaired) electrons. The van der Waals surface area contributed by atoms with Crippen LogP contribution in [0.25, 0.3) is 5.57 Å². The number of hydrogen-bond acceptors (Lipinski definition) is 3. The van der Waals surface area contributed by atoms with Crippen LogP contribution >= 0.6 is 0 Å². The quantitative estimate of drug-likeness (QED) is 0.912. The average molecular weight is 346 g/mol. The van der Waals surface area contributed by atoms with Crippen molar-refractivity contribution in [3.05, 3.63) is 52.4 Å². The Balaban J connectivity index is 2.75. The van der Waals surface area contributed by atoms with Crippen molar-refractivity contribution in [1.82, 2.24) is 0 Å². The summed E-state index contributed by atoms with van der Waals surface area (Å²) >= 11 is 0. The van der Waals surface area contributed by atoms with Crippen LogP contribution in [0.4, 0.5) is 13.2 Å². The highest BCUT2D eigenvalue weighted by atomic mass is 32.2. The fraction of sp³-hybridized carbons (Fsp3) is 0.375. The Morgan fingerprint density at radius 3 is 2.26 bits per heavy atom. The predicted octanol–water partition coefficient (Wildman–Crippen LogP) is 3.48. The van der Waals surface area contributed by atoms with Gasteiger partial charge in [-0.05, 0) is 24.1 Å². The number of halogens is 3. The van der Waals surface area contributed by atoms with E-state index in [9.17, 15) is 26.7 Å². The molecule has 0 aliphatic heterocycles. The van der Waals surface area contributed by atoms with Crippen molar-refractivity contribution in [3.63, 3.8) is 0 Å². The van der Waals surface area contributed by atoms with Crippen molar-refractivity contribution in [3.8, 4) is 0 Å². The molecular formula is C16H17F3O3S. The summed E-state index contributed by atoms with van der Waals surface area (Å²) in [5.41, 5.74) is -2.43. The third-order valence-corrected chi connectivity index (χ3v) is 5.69. The van der Waals surface area contributed by atoms with Crippen LogP contribution in [0.5, 0.6) is 0 Å². The first-order chi connectivity index (χ1) is 10.5. The van der Waals surface area contributed by atoms with Gasteiger partial charge in [-0.15, -0.1) is 0 Å². The van der Waals surface area contributed by atoms with E-state index in [1.54, 1.807) is 30.3 Å². The highest BCUT2D eigenvalue weighted by molar-refractivity contribution is 7.95. The standard InChI is InChI=1S/C16H17F3O3S/c1-3-23(21,22)14-10-15(2,20)12(9-13(14)16(17,18)19)11-7-5-4-6-8-11/h4-9,20H,3,10H2,1-2H3. The Hall–Kier alpha value is -1.60. The first kappa shape index (κ1) is 17.7. The number of benzene rings is 1. The lowest BCUT2D eigenvalue weighted by atomic mass is 9.81. The van der Waals surface area contributed by atoms with Crippen molar-refractivity contribution >= 4 is 15.4 Å². The Morgan fingerprint density at radius 1 is 1.22 bits per heavy atom. The normalized spacial score (nSPS) is 23.0. The summed E-state index contributed by atoms with van der Waals surface area (Å²) in [5.74, 6) is -0.452. The minimum Gasteiger partial charge on any atom is -0.385 e. The number of allylic oxidation sites excluding steroid dienone is 2. The molecule has 0 heterocycles. The molecule has 0 fully saturated rings. The smallest absolute Gasteiger partial charge is 0.385 e. The first-order valence-corrected chi connectivity index (χ1v) is 8.67. The summed E-state index contributed by atoms with van der Waals surface area (Å²) in [6.07, 6.45) is -4.66. The monoisotopic (exact) mass is 346 g/mol. The van der Waals surface area contributed by atoms with Crippen LogP contribution in [0.2, 0.25) is 0 Å². The van der Waals surface area contributed by atoms with Gasteiger partial charge in [0.15, 0.2) is 9.84 Å². The third-order valence-electron chi connectivity index (χ3n) is 3.82. The molecule has 1 aromatic carbocycles. The number of alkyl halides is 3. The van der Waals surface area contributed by atoms with Gasteiger partial charge < -0.3 is 5.11 Å². The summed E-state index contributed by atoms with van der Waals surface area (Å²) in [6, 6.07) is 8.14. The minimum absolute atomic E-state index is 0.0560. The van der Waals surface area contributed by atoms with Crippen LogP contribution in [0.3, 0.4) is 0 Å². The van der Waals surface area contributed by atoms with Gasteiger partial charge in [0.05, 0.1) is 21.8 Å². The van der Waals surface area contributed by atoms with Gasteiger partial charge >= 0.3 is 6.18 Å². The number of rotatable bonds is 3. The van der Waals surface area contributed by atoms with Gasteiger partial charge in [0.1, 0.15) is 0 Å². The molecule has 126 valence electrons. The summed E-state index contributed by atoms with van der Waals surface area (Å²) in [5, 5.41) is 10.6. The molecule has 0 spiro atoms. The Labute approximate surface area is 133 Å². The molecule has 7 heteroatoms. The van der Waals surface area contributed by atoms with E-state index in [0.29, 0.717) is 5.56 Å². The summed E-state index contributed by atoms with van der Waals surface area (Å²) in [7, 11) is -4.08. The molecular weight excluding hydrogens is 329 g/mol. The van der Waals surface area contributed by atoms with E-state index in [4.69, 9.17) is 0 Å². The Bertz CT molecular complexity index is 758. The Morgan fingerprint density at radius 2 is 1.78 bits per heavy atom. The van der Waals surface area contributed by atoms with Gasteiger partial charge in [-0.2, -0.15) is 13.2 Å². The molecule has 0 aromatic heterocycles. The van der Waals surface area contributed by atoms with E-state index in [1.807, 2.05) is 0 Å². The van der Waals surface area contributed by atoms with Gasteiger partial charge in [-0.3, -0.25) is 0 Å². The molecule has 1 aliphatic rings. The lowest BCUT2D eigenvalue weighted by Gasteiger charge is -2.33. The first-order valence-electron chi connectivity index (χ1n) is 7.02. The van der Waals surface area contributed by atoms with Crippen LogP contribution < -0.4 is 0 Å². The fourth-order valence-electron chi connectivity index (χ4n) is 2.59. The largest absolute Gasteiger partial charge is 0.417 e. The van der Waals surface area contributed by atoms with Crippen molar-refractivity contribution in [2.75, 3.05) is 5.75 Å². The molecule has 0 saturated carbocycles. The maximum atomic E-state index is 13.4. The molecule has 3 nitrogen and oxygen atoms in total. The maximum absolute atomic E-state index is 13.4. The zero-order chi connectivity index (χ0) is 17.5. The second-order valence-electron chi connectivity index (χ2n) is 5.61. The van der Waals surface area contributed by atoms with E-state index < -0.39 is 44.3 Å². The van der Waals surface area contributed by atoms with Crippen LogP contribution in [-0.4, -0.2) is 31.1 Å². The van der Waals surface area contributed by atoms with Crippen LogP contribution in [0.1, 0.15) is 25.8 Å². The molecule has 0 amide bonds. The minimum atomic E-state index is -4.81. The lowest BCUT2D eigenvalue weighted by molar-refractivity contribution is -0.0893.